The second kappa shape index (κ2) is 21.2. The Hall–Kier alpha value is -3.62. The van der Waals surface area contributed by atoms with Gasteiger partial charge in [-0.3, -0.25) is 9.69 Å². The number of methoxy groups -OCH3 is 1. The number of allylic oxidation sites excluding steroid dienone is 7. The van der Waals surface area contributed by atoms with Gasteiger partial charge in [0.25, 0.3) is 0 Å². The van der Waals surface area contributed by atoms with Gasteiger partial charge in [-0.2, -0.15) is 5.26 Å². The van der Waals surface area contributed by atoms with Gasteiger partial charge < -0.3 is 14.4 Å². The summed E-state index contributed by atoms with van der Waals surface area (Å²) >= 11 is 8.27. The molecule has 0 bridgehead atoms. The van der Waals surface area contributed by atoms with Crippen molar-refractivity contribution in [1.82, 2.24) is 9.80 Å². The normalized spacial score (nSPS) is 20.1. The highest BCUT2D eigenvalue weighted by atomic mass is 35.5. The van der Waals surface area contributed by atoms with E-state index in [1.807, 2.05) is 27.8 Å². The van der Waals surface area contributed by atoms with Gasteiger partial charge in [0.15, 0.2) is 11.6 Å². The maximum Gasteiger partial charge on any atom is 0.206 e. The summed E-state index contributed by atoms with van der Waals surface area (Å²) in [5.41, 5.74) is 2.11. The first-order valence-electron chi connectivity index (χ1n) is 19.6. The smallest absolute Gasteiger partial charge is 0.206 e. The summed E-state index contributed by atoms with van der Waals surface area (Å²) < 4.78 is 44.7. The van der Waals surface area contributed by atoms with Crippen LogP contribution in [0.5, 0.6) is 0 Å². The minimum atomic E-state index is -0.680. The molecule has 4 unspecified atom stereocenters. The molecule has 0 spiro atoms. The zero-order valence-corrected chi connectivity index (χ0v) is 36.8. The van der Waals surface area contributed by atoms with Crippen LogP contribution in [-0.2, 0) is 14.3 Å². The fourth-order valence-corrected chi connectivity index (χ4v) is 8.73. The molecule has 0 amide bonds. The number of aliphatic imine (C=N–C) groups is 1. The molecule has 1 aromatic carbocycles. The molecule has 11 heteroatoms. The van der Waals surface area contributed by atoms with Crippen LogP contribution < -0.4 is 0 Å². The summed E-state index contributed by atoms with van der Waals surface area (Å²) in [7, 11) is 3.76. The van der Waals surface area contributed by atoms with E-state index in [1.54, 1.807) is 13.2 Å². The predicted octanol–water partition coefficient (Wildman–Crippen LogP) is 11.7. The number of halogens is 3. The maximum absolute atomic E-state index is 17.4. The molecule has 4 rings (SSSR count). The van der Waals surface area contributed by atoms with Crippen molar-refractivity contribution in [2.45, 2.75) is 112 Å². The van der Waals surface area contributed by atoms with E-state index in [0.717, 1.165) is 49.3 Å². The number of likely N-dealkylation sites (tertiary alicyclic amines) is 1. The molecule has 306 valence electrons. The Kier molecular flexibility index (Phi) is 17.7. The van der Waals surface area contributed by atoms with Gasteiger partial charge in [-0.25, -0.2) is 13.8 Å². The van der Waals surface area contributed by atoms with E-state index in [2.05, 4.69) is 63.6 Å². The highest BCUT2D eigenvalue weighted by molar-refractivity contribution is 7.19. The average molecular weight is 812 g/mol. The number of hydrogen-bond acceptors (Lipinski definition) is 8. The first-order valence-corrected chi connectivity index (χ1v) is 20.8. The molecule has 2 heterocycles. The van der Waals surface area contributed by atoms with Crippen LogP contribution in [0.3, 0.4) is 0 Å². The molecule has 2 aliphatic rings. The lowest BCUT2D eigenvalue weighted by atomic mass is 9.88. The van der Waals surface area contributed by atoms with Crippen molar-refractivity contribution >= 4 is 50.1 Å². The van der Waals surface area contributed by atoms with E-state index in [1.165, 1.54) is 36.5 Å². The fourth-order valence-electron chi connectivity index (χ4n) is 7.25. The van der Waals surface area contributed by atoms with Crippen molar-refractivity contribution in [3.8, 4) is 6.07 Å². The van der Waals surface area contributed by atoms with E-state index < -0.39 is 11.6 Å². The molecule has 56 heavy (non-hydrogen) atoms. The number of ketones is 1. The molecule has 1 fully saturated rings. The number of thiophene rings is 1. The number of benzene rings is 1. The van der Waals surface area contributed by atoms with Crippen LogP contribution in [0.2, 0.25) is 0 Å². The number of hydrogen-bond donors (Lipinski definition) is 0. The maximum atomic E-state index is 17.4. The molecule has 0 radical (unpaired) electrons. The molecule has 1 aliphatic heterocycles. The fraction of sp³-hybridized carbons (Fsp3) is 0.533. The summed E-state index contributed by atoms with van der Waals surface area (Å²) in [6.45, 7) is 27.6. The van der Waals surface area contributed by atoms with Crippen molar-refractivity contribution in [3.63, 3.8) is 0 Å². The Morgan fingerprint density at radius 3 is 2.39 bits per heavy atom. The van der Waals surface area contributed by atoms with Crippen LogP contribution >= 0.6 is 22.9 Å². The number of rotatable bonds is 16. The Balaban J connectivity index is 0.00000158. The van der Waals surface area contributed by atoms with Gasteiger partial charge in [0.1, 0.15) is 24.2 Å². The summed E-state index contributed by atoms with van der Waals surface area (Å²) in [6.07, 6.45) is 7.12. The number of nitriles is 1. The largest absolute Gasteiger partial charge is 0.476 e. The lowest BCUT2D eigenvalue weighted by Gasteiger charge is -2.36. The van der Waals surface area contributed by atoms with Gasteiger partial charge in [0, 0.05) is 59.9 Å². The highest BCUT2D eigenvalue weighted by Crippen LogP contribution is 2.46. The molecular weight excluding hydrogens is 750 g/mol. The van der Waals surface area contributed by atoms with Gasteiger partial charge in [-0.15, -0.1) is 11.3 Å². The molecule has 4 atom stereocenters. The third kappa shape index (κ3) is 11.1. The van der Waals surface area contributed by atoms with Crippen LogP contribution in [0, 0.1) is 29.0 Å². The third-order valence-corrected chi connectivity index (χ3v) is 12.7. The van der Waals surface area contributed by atoms with Gasteiger partial charge in [0.2, 0.25) is 5.88 Å². The van der Waals surface area contributed by atoms with Crippen LogP contribution in [-0.4, -0.2) is 73.3 Å². The second-order valence-electron chi connectivity index (χ2n) is 15.4. The third-order valence-electron chi connectivity index (χ3n) is 10.9. The lowest BCUT2D eigenvalue weighted by Crippen LogP contribution is -2.36. The van der Waals surface area contributed by atoms with E-state index in [0.29, 0.717) is 45.2 Å². The first kappa shape index (κ1) is 46.8. The number of ether oxygens (including phenoxy) is 2. The zero-order valence-electron chi connectivity index (χ0n) is 35.2. The van der Waals surface area contributed by atoms with Crippen LogP contribution in [0.4, 0.5) is 8.78 Å². The van der Waals surface area contributed by atoms with Crippen LogP contribution in [0.15, 0.2) is 70.4 Å². The zero-order chi connectivity index (χ0) is 42.0. The number of carbonyl (C=O) groups is 1. The van der Waals surface area contributed by atoms with Gasteiger partial charge >= 0.3 is 0 Å². The van der Waals surface area contributed by atoms with Crippen molar-refractivity contribution in [2.75, 3.05) is 33.9 Å². The summed E-state index contributed by atoms with van der Waals surface area (Å²) in [6, 6.07) is 5.39. The van der Waals surface area contributed by atoms with E-state index >= 15 is 8.78 Å². The summed E-state index contributed by atoms with van der Waals surface area (Å²) in [5.74, 6) is -0.144. The molecule has 0 saturated carbocycles. The van der Waals surface area contributed by atoms with Crippen LogP contribution in [0.1, 0.15) is 110 Å². The van der Waals surface area contributed by atoms with E-state index in [9.17, 15) is 10.1 Å². The monoisotopic (exact) mass is 810 g/mol. The predicted molar refractivity (Wildman–Crippen MR) is 230 cm³/mol. The van der Waals surface area contributed by atoms with Crippen molar-refractivity contribution in [3.05, 3.63) is 87.3 Å². The molecule has 1 aromatic heterocycles. The quantitative estimate of drug-likeness (QED) is 0.124. The Morgan fingerprint density at radius 1 is 1.20 bits per heavy atom. The molecule has 1 saturated heterocycles. The summed E-state index contributed by atoms with van der Waals surface area (Å²) in [4.78, 5) is 19.7. The second-order valence-corrected chi connectivity index (χ2v) is 16.9. The number of carbonyl (C=O) groups excluding carboxylic acids is 1. The molecule has 0 N–H and O–H groups in total. The minimum absolute atomic E-state index is 0.0185. The number of nitrogens with zero attached hydrogens (tertiary/aromatic N) is 4. The first-order chi connectivity index (χ1) is 26.4. The van der Waals surface area contributed by atoms with Gasteiger partial charge in [-0.05, 0) is 87.8 Å². The minimum Gasteiger partial charge on any atom is -0.476 e. The SMILES string of the molecule is C=C(/N=C1/C(F)=C(c2ccc(F)c3sc(C(C)C)c(C#N)c23)C(Cl)=C/C1=C(/C)N(C)C(CCC(C)CC)C(C)C)OCC1CC(OC)CN1CC.C=CC(C)=O. The topological polar surface area (TPSA) is 78.2 Å². The average Bonchev–Trinajstić information content (AvgIpc) is 3.77. The highest BCUT2D eigenvalue weighted by Gasteiger charge is 2.34. The number of fused-ring (bicyclic) bond motifs is 1. The van der Waals surface area contributed by atoms with E-state index in [-0.39, 0.29) is 52.1 Å². The Bertz CT molecular complexity index is 1920. The van der Waals surface area contributed by atoms with Crippen molar-refractivity contribution in [1.29, 1.82) is 5.26 Å². The summed E-state index contributed by atoms with van der Waals surface area (Å²) in [5, 5.41) is 10.8. The lowest BCUT2D eigenvalue weighted by molar-refractivity contribution is -0.112. The molecule has 2 aromatic rings. The Morgan fingerprint density at radius 2 is 1.86 bits per heavy atom. The van der Waals surface area contributed by atoms with Gasteiger partial charge in [0.05, 0.1) is 21.4 Å². The van der Waals surface area contributed by atoms with E-state index in [4.69, 9.17) is 26.1 Å². The molecular formula is C45H61ClF2N4O3S. The van der Waals surface area contributed by atoms with Gasteiger partial charge in [-0.1, -0.05) is 79.1 Å². The standard InChI is InChI=1S/C41H55ClF2N4O2S.C4H6O/c1-12-25(7)14-17-35(23(3)4)47(10)26(8)31-19-33(42)37(30-15-16-34(43)41-36(30)32(20-45)40(51-41)24(5)6)38(44)39(31)46-27(9)50-22-28-18-29(49-11)21-48(28)13-2;1-3-4(2)5/h15-16,19,23-25,28-29,35H,9,12-14,17-18,21-22H2,1-8,10-11H3;3H,1H2,2H3/b31-26+,46-39+;. The molecule has 7 nitrogen and oxygen atoms in total. The van der Waals surface area contributed by atoms with Crippen molar-refractivity contribution < 1.29 is 23.0 Å². The Labute approximate surface area is 343 Å². The van der Waals surface area contributed by atoms with Crippen LogP contribution in [0.25, 0.3) is 15.7 Å². The van der Waals surface area contributed by atoms with Crippen molar-refractivity contribution in [2.24, 2.45) is 16.8 Å². The molecule has 1 aliphatic carbocycles. The number of likely N-dealkylation sites (N-methyl/N-ethyl adjacent to an activating group) is 1.